The van der Waals surface area contributed by atoms with Gasteiger partial charge in [-0.3, -0.25) is 0 Å². The van der Waals surface area contributed by atoms with Crippen LogP contribution in [0.15, 0.2) is 47.4 Å². The molecule has 5 nitrogen and oxygen atoms in total. The highest BCUT2D eigenvalue weighted by molar-refractivity contribution is 7.89. The van der Waals surface area contributed by atoms with E-state index in [1.165, 1.54) is 10.4 Å². The largest absolute Gasteiger partial charge is 0.508 e. The van der Waals surface area contributed by atoms with Crippen molar-refractivity contribution in [2.24, 2.45) is 0 Å². The molecule has 0 saturated carbocycles. The maximum Gasteiger partial charge on any atom is 0.243 e. The molecule has 24 heavy (non-hydrogen) atoms. The minimum atomic E-state index is -3.45. The van der Waals surface area contributed by atoms with Crippen molar-refractivity contribution < 1.29 is 13.5 Å². The zero-order valence-electron chi connectivity index (χ0n) is 13.1. The van der Waals surface area contributed by atoms with Crippen LogP contribution in [0.3, 0.4) is 0 Å². The average molecular weight is 342 g/mol. The molecule has 0 bridgehead atoms. The zero-order valence-corrected chi connectivity index (χ0v) is 14.0. The summed E-state index contributed by atoms with van der Waals surface area (Å²) < 4.78 is 26.8. The molecular weight excluding hydrogens is 324 g/mol. The lowest BCUT2D eigenvalue weighted by atomic mass is 10.0. The maximum atomic E-state index is 12.6. The van der Waals surface area contributed by atoms with Gasteiger partial charge in [0, 0.05) is 13.1 Å². The van der Waals surface area contributed by atoms with Gasteiger partial charge in [-0.2, -0.15) is 9.57 Å². The van der Waals surface area contributed by atoms with Crippen molar-refractivity contribution in [3.63, 3.8) is 0 Å². The van der Waals surface area contributed by atoms with Gasteiger partial charge in [-0.25, -0.2) is 8.42 Å². The summed E-state index contributed by atoms with van der Waals surface area (Å²) in [6, 6.07) is 13.2. The lowest BCUT2D eigenvalue weighted by Crippen LogP contribution is -2.35. The van der Waals surface area contributed by atoms with E-state index in [1.54, 1.807) is 36.4 Å². The molecule has 0 atom stereocenters. The highest BCUT2D eigenvalue weighted by atomic mass is 32.2. The number of nitrogens with zero attached hydrogens (tertiary/aromatic N) is 2. The first-order valence-corrected chi connectivity index (χ1v) is 9.29. The maximum absolute atomic E-state index is 12.6. The Bertz CT molecular complexity index is 877. The summed E-state index contributed by atoms with van der Waals surface area (Å²) >= 11 is 0. The zero-order chi connectivity index (χ0) is 17.2. The van der Waals surface area contributed by atoms with Gasteiger partial charge in [0.25, 0.3) is 0 Å². The molecule has 3 rings (SSSR count). The molecule has 124 valence electrons. The summed E-state index contributed by atoms with van der Waals surface area (Å²) in [6.45, 7) is 1.14. The third-order valence-corrected chi connectivity index (χ3v) is 6.10. The summed E-state index contributed by atoms with van der Waals surface area (Å²) in [7, 11) is -3.45. The van der Waals surface area contributed by atoms with Crippen LogP contribution in [0, 0.1) is 11.3 Å². The monoisotopic (exact) mass is 342 g/mol. The number of phenols is 1. The molecule has 1 fully saturated rings. The number of benzene rings is 2. The quantitative estimate of drug-likeness (QED) is 0.929. The average Bonchev–Trinajstić information content (AvgIpc) is 2.62. The molecule has 6 heteroatoms. The number of aromatic hydroxyl groups is 1. The Morgan fingerprint density at radius 1 is 0.958 bits per heavy atom. The number of piperidine rings is 1. The lowest BCUT2D eigenvalue weighted by molar-refractivity contribution is 0.346. The van der Waals surface area contributed by atoms with Gasteiger partial charge in [-0.1, -0.05) is 18.6 Å². The van der Waals surface area contributed by atoms with E-state index in [-0.39, 0.29) is 10.6 Å². The number of hydrogen-bond acceptors (Lipinski definition) is 4. The third-order valence-electron chi connectivity index (χ3n) is 4.19. The fourth-order valence-corrected chi connectivity index (χ4v) is 4.43. The Kier molecular flexibility index (Phi) is 4.56. The van der Waals surface area contributed by atoms with Crippen LogP contribution in [0.1, 0.15) is 24.8 Å². The minimum Gasteiger partial charge on any atom is -0.508 e. The van der Waals surface area contributed by atoms with Gasteiger partial charge < -0.3 is 5.11 Å². The van der Waals surface area contributed by atoms with E-state index < -0.39 is 10.0 Å². The van der Waals surface area contributed by atoms with Crippen molar-refractivity contribution in [2.75, 3.05) is 13.1 Å². The van der Waals surface area contributed by atoms with Crippen molar-refractivity contribution in [1.82, 2.24) is 4.31 Å². The van der Waals surface area contributed by atoms with Crippen molar-refractivity contribution in [2.45, 2.75) is 24.2 Å². The van der Waals surface area contributed by atoms with Crippen LogP contribution in [0.25, 0.3) is 11.1 Å². The molecule has 0 radical (unpaired) electrons. The molecule has 2 aromatic rings. The topological polar surface area (TPSA) is 81.4 Å². The molecule has 1 heterocycles. The summed E-state index contributed by atoms with van der Waals surface area (Å²) in [5.41, 5.74) is 1.78. The Hall–Kier alpha value is -2.36. The molecule has 0 spiro atoms. The van der Waals surface area contributed by atoms with Crippen molar-refractivity contribution in [3.8, 4) is 22.9 Å². The van der Waals surface area contributed by atoms with Crippen molar-refractivity contribution in [1.29, 1.82) is 5.26 Å². The van der Waals surface area contributed by atoms with Gasteiger partial charge in [-0.05, 0) is 54.3 Å². The van der Waals surface area contributed by atoms with Crippen LogP contribution >= 0.6 is 0 Å². The van der Waals surface area contributed by atoms with E-state index in [0.29, 0.717) is 24.2 Å². The molecule has 0 aliphatic carbocycles. The predicted molar refractivity (Wildman–Crippen MR) is 90.9 cm³/mol. The van der Waals surface area contributed by atoms with Crippen LogP contribution in [0.4, 0.5) is 0 Å². The molecule has 2 aromatic carbocycles. The molecule has 1 N–H and O–H groups in total. The van der Waals surface area contributed by atoms with E-state index >= 15 is 0 Å². The Morgan fingerprint density at radius 2 is 1.62 bits per heavy atom. The standard InChI is InChI=1S/C18H18N2O3S/c19-13-14-10-16(12-17(21)11-14)15-4-6-18(7-5-15)24(22,23)20-8-2-1-3-9-20/h4-7,10-12,21H,1-3,8-9H2. The predicted octanol–water partition coefficient (Wildman–Crippen LogP) is 3.11. The van der Waals surface area contributed by atoms with Gasteiger partial charge in [0.05, 0.1) is 16.5 Å². The van der Waals surface area contributed by atoms with Crippen molar-refractivity contribution >= 4 is 10.0 Å². The molecule has 1 saturated heterocycles. The van der Waals surface area contributed by atoms with Crippen LogP contribution in [0.5, 0.6) is 5.75 Å². The van der Waals surface area contributed by atoms with Gasteiger partial charge in [0.1, 0.15) is 5.75 Å². The highest BCUT2D eigenvalue weighted by Crippen LogP contribution is 2.27. The second-order valence-electron chi connectivity index (χ2n) is 5.87. The first-order valence-electron chi connectivity index (χ1n) is 7.85. The number of sulfonamides is 1. The van der Waals surface area contributed by atoms with E-state index in [1.807, 2.05) is 6.07 Å². The van der Waals surface area contributed by atoms with Crippen LogP contribution in [-0.2, 0) is 10.0 Å². The van der Waals surface area contributed by atoms with Gasteiger partial charge in [0.15, 0.2) is 0 Å². The Labute approximate surface area is 141 Å². The summed E-state index contributed by atoms with van der Waals surface area (Å²) in [6.07, 6.45) is 2.87. The summed E-state index contributed by atoms with van der Waals surface area (Å²) in [5.74, 6) is 0.00839. The Balaban J connectivity index is 1.91. The molecule has 0 aromatic heterocycles. The molecule has 1 aliphatic heterocycles. The molecule has 0 amide bonds. The van der Waals surface area contributed by atoms with E-state index in [0.717, 1.165) is 24.8 Å². The Morgan fingerprint density at radius 3 is 2.25 bits per heavy atom. The van der Waals surface area contributed by atoms with Crippen LogP contribution < -0.4 is 0 Å². The van der Waals surface area contributed by atoms with E-state index in [9.17, 15) is 13.5 Å². The van der Waals surface area contributed by atoms with Gasteiger partial charge in [-0.15, -0.1) is 0 Å². The normalized spacial score (nSPS) is 15.8. The summed E-state index contributed by atoms with van der Waals surface area (Å²) in [5, 5.41) is 18.7. The van der Waals surface area contributed by atoms with E-state index in [4.69, 9.17) is 5.26 Å². The second kappa shape index (κ2) is 6.63. The minimum absolute atomic E-state index is 0.00839. The highest BCUT2D eigenvalue weighted by Gasteiger charge is 2.25. The van der Waals surface area contributed by atoms with E-state index in [2.05, 4.69) is 0 Å². The van der Waals surface area contributed by atoms with Crippen molar-refractivity contribution in [3.05, 3.63) is 48.0 Å². The summed E-state index contributed by atoms with van der Waals surface area (Å²) in [4.78, 5) is 0.272. The van der Waals surface area contributed by atoms with Gasteiger partial charge in [0.2, 0.25) is 10.0 Å². The fourth-order valence-electron chi connectivity index (χ4n) is 2.92. The number of phenolic OH excluding ortho intramolecular Hbond substituents is 1. The SMILES string of the molecule is N#Cc1cc(O)cc(-c2ccc(S(=O)(=O)N3CCCCC3)cc2)c1. The molecule has 1 aliphatic rings. The smallest absolute Gasteiger partial charge is 0.243 e. The number of rotatable bonds is 3. The molecule has 0 unspecified atom stereocenters. The number of hydrogen-bond donors (Lipinski definition) is 1. The first-order chi connectivity index (χ1) is 11.5. The van der Waals surface area contributed by atoms with Crippen LogP contribution in [0.2, 0.25) is 0 Å². The second-order valence-corrected chi connectivity index (χ2v) is 7.81. The first kappa shape index (κ1) is 16.5. The molecular formula is C18H18N2O3S. The lowest BCUT2D eigenvalue weighted by Gasteiger charge is -2.25. The third kappa shape index (κ3) is 3.28. The van der Waals surface area contributed by atoms with Crippen LogP contribution in [-0.4, -0.2) is 30.9 Å². The van der Waals surface area contributed by atoms with Gasteiger partial charge >= 0.3 is 0 Å². The fraction of sp³-hybridized carbons (Fsp3) is 0.278. The number of nitriles is 1.